The Bertz CT molecular complexity index is 1300. The van der Waals surface area contributed by atoms with Crippen LogP contribution in [0.5, 0.6) is 5.75 Å². The maximum atomic E-state index is 9.76. The van der Waals surface area contributed by atoms with Crippen LogP contribution in [0.3, 0.4) is 0 Å². The molecule has 0 unspecified atom stereocenters. The van der Waals surface area contributed by atoms with Crippen molar-refractivity contribution in [2.75, 3.05) is 0 Å². The monoisotopic (exact) mass is 363 g/mol. The molecule has 4 aromatic carbocycles. The highest BCUT2D eigenvalue weighted by molar-refractivity contribution is 5.94. The van der Waals surface area contributed by atoms with Crippen molar-refractivity contribution in [1.82, 2.24) is 4.57 Å². The normalized spacial score (nSPS) is 11.3. The van der Waals surface area contributed by atoms with Gasteiger partial charge in [0.15, 0.2) is 0 Å². The number of phenols is 1. The summed E-state index contributed by atoms with van der Waals surface area (Å²) in [5, 5.41) is 13.2. The molecule has 0 radical (unpaired) electrons. The molecule has 0 atom stereocenters. The van der Waals surface area contributed by atoms with Crippen LogP contribution in [0.1, 0.15) is 11.1 Å². The lowest BCUT2D eigenvalue weighted by atomic mass is 10.0. The predicted octanol–water partition coefficient (Wildman–Crippen LogP) is 6.52. The molecule has 0 aliphatic carbocycles. The molecule has 1 aromatic heterocycles. The zero-order valence-corrected chi connectivity index (χ0v) is 15.8. The second-order valence-corrected chi connectivity index (χ2v) is 7.31. The van der Waals surface area contributed by atoms with Gasteiger partial charge in [0.2, 0.25) is 0 Å². The minimum atomic E-state index is 0.301. The molecular formula is C26H21NO. The first-order chi connectivity index (χ1) is 13.7. The highest BCUT2D eigenvalue weighted by Crippen LogP contribution is 2.35. The van der Waals surface area contributed by atoms with Crippen LogP contribution < -0.4 is 0 Å². The number of para-hydroxylation sites is 1. The number of nitrogens with zero attached hydrogens (tertiary/aromatic N) is 1. The lowest BCUT2D eigenvalue weighted by Gasteiger charge is -2.13. The lowest BCUT2D eigenvalue weighted by molar-refractivity contribution is 0.476. The number of rotatable bonds is 3. The maximum Gasteiger partial charge on any atom is 0.116 e. The largest absolute Gasteiger partial charge is 0.508 e. The van der Waals surface area contributed by atoms with Gasteiger partial charge in [-0.2, -0.15) is 0 Å². The maximum absolute atomic E-state index is 9.76. The summed E-state index contributed by atoms with van der Waals surface area (Å²) >= 11 is 0. The van der Waals surface area contributed by atoms with Crippen LogP contribution in [0.2, 0.25) is 0 Å². The summed E-state index contributed by atoms with van der Waals surface area (Å²) in [5.74, 6) is 0.301. The summed E-state index contributed by atoms with van der Waals surface area (Å²) in [6, 6.07) is 31.2. The Morgan fingerprint density at radius 3 is 2.32 bits per heavy atom. The number of benzene rings is 4. The molecule has 0 spiro atoms. The first-order valence-electron chi connectivity index (χ1n) is 9.55. The number of phenolic OH excluding ortho intramolecular Hbond substituents is 1. The summed E-state index contributed by atoms with van der Waals surface area (Å²) in [5.41, 5.74) is 6.28. The van der Waals surface area contributed by atoms with Crippen LogP contribution in [-0.4, -0.2) is 9.67 Å². The third-order valence-electron chi connectivity index (χ3n) is 5.50. The van der Waals surface area contributed by atoms with Gasteiger partial charge >= 0.3 is 0 Å². The van der Waals surface area contributed by atoms with Crippen molar-refractivity contribution in [2.24, 2.45) is 0 Å². The van der Waals surface area contributed by atoms with Crippen molar-refractivity contribution >= 4 is 21.7 Å². The van der Waals surface area contributed by atoms with Gasteiger partial charge in [-0.05, 0) is 58.7 Å². The fourth-order valence-electron chi connectivity index (χ4n) is 4.16. The molecule has 0 amide bonds. The average Bonchev–Trinajstić information content (AvgIpc) is 3.00. The standard InChI is InChI=1S/C26H21NO/c1-18-24-9-5-6-10-25(24)27(17-19-7-3-2-4-8-19)26(18)22-12-11-21-16-23(28)14-13-20(21)15-22/h2-16,28H,17H2,1H3. The number of hydrogen-bond acceptors (Lipinski definition) is 1. The minimum Gasteiger partial charge on any atom is -0.508 e. The molecule has 0 aliphatic rings. The third-order valence-corrected chi connectivity index (χ3v) is 5.50. The molecule has 0 bridgehead atoms. The first-order valence-corrected chi connectivity index (χ1v) is 9.55. The van der Waals surface area contributed by atoms with Crippen molar-refractivity contribution in [3.8, 4) is 17.0 Å². The summed E-state index contributed by atoms with van der Waals surface area (Å²) in [4.78, 5) is 0. The number of aromatic nitrogens is 1. The fourth-order valence-corrected chi connectivity index (χ4v) is 4.16. The SMILES string of the molecule is Cc1c(-c2ccc3cc(O)ccc3c2)n(Cc2ccccc2)c2ccccc12. The van der Waals surface area contributed by atoms with E-state index >= 15 is 0 Å². The molecule has 2 heteroatoms. The van der Waals surface area contributed by atoms with E-state index in [0.717, 1.165) is 17.3 Å². The van der Waals surface area contributed by atoms with Crippen molar-refractivity contribution in [3.05, 3.63) is 102 Å². The van der Waals surface area contributed by atoms with Crippen LogP contribution in [0.15, 0.2) is 91.0 Å². The molecule has 5 aromatic rings. The molecule has 0 fully saturated rings. The average molecular weight is 363 g/mol. The number of hydrogen-bond donors (Lipinski definition) is 1. The van der Waals surface area contributed by atoms with E-state index in [-0.39, 0.29) is 0 Å². The van der Waals surface area contributed by atoms with Gasteiger partial charge in [-0.1, -0.05) is 66.7 Å². The predicted molar refractivity (Wildman–Crippen MR) is 117 cm³/mol. The molecule has 1 N–H and O–H groups in total. The van der Waals surface area contributed by atoms with Crippen molar-refractivity contribution in [1.29, 1.82) is 0 Å². The molecule has 0 aliphatic heterocycles. The van der Waals surface area contributed by atoms with Gasteiger partial charge in [0.25, 0.3) is 0 Å². The van der Waals surface area contributed by atoms with E-state index in [0.29, 0.717) is 5.75 Å². The van der Waals surface area contributed by atoms with Crippen LogP contribution in [-0.2, 0) is 6.54 Å². The van der Waals surface area contributed by atoms with Gasteiger partial charge in [-0.25, -0.2) is 0 Å². The van der Waals surface area contributed by atoms with E-state index < -0.39 is 0 Å². The van der Waals surface area contributed by atoms with E-state index in [4.69, 9.17) is 0 Å². The van der Waals surface area contributed by atoms with Crippen LogP contribution in [0, 0.1) is 6.92 Å². The van der Waals surface area contributed by atoms with E-state index in [1.54, 1.807) is 6.07 Å². The third kappa shape index (κ3) is 2.74. The molecule has 28 heavy (non-hydrogen) atoms. The summed E-state index contributed by atoms with van der Waals surface area (Å²) < 4.78 is 2.42. The fraction of sp³-hybridized carbons (Fsp3) is 0.0769. The Hall–Kier alpha value is -3.52. The molecule has 0 saturated carbocycles. The Labute approximate surface area is 164 Å². The van der Waals surface area contributed by atoms with Crippen molar-refractivity contribution in [3.63, 3.8) is 0 Å². The number of aromatic hydroxyl groups is 1. The molecule has 0 saturated heterocycles. The molecule has 2 nitrogen and oxygen atoms in total. The highest BCUT2D eigenvalue weighted by atomic mass is 16.3. The number of aryl methyl sites for hydroxylation is 1. The Morgan fingerprint density at radius 2 is 1.46 bits per heavy atom. The smallest absolute Gasteiger partial charge is 0.116 e. The second-order valence-electron chi connectivity index (χ2n) is 7.31. The van der Waals surface area contributed by atoms with E-state index in [9.17, 15) is 5.11 Å². The second kappa shape index (κ2) is 6.58. The Balaban J connectivity index is 1.75. The van der Waals surface area contributed by atoms with E-state index in [1.807, 2.05) is 12.1 Å². The first kappa shape index (κ1) is 16.6. The quantitative estimate of drug-likeness (QED) is 0.388. The van der Waals surface area contributed by atoms with Gasteiger partial charge in [-0.3, -0.25) is 0 Å². The van der Waals surface area contributed by atoms with Gasteiger partial charge in [0, 0.05) is 17.4 Å². The van der Waals surface area contributed by atoms with Gasteiger partial charge in [0.1, 0.15) is 5.75 Å². The van der Waals surface area contributed by atoms with Gasteiger partial charge in [0.05, 0.1) is 5.69 Å². The summed E-state index contributed by atoms with van der Waals surface area (Å²) in [7, 11) is 0. The zero-order valence-electron chi connectivity index (χ0n) is 15.8. The Kier molecular flexibility index (Phi) is 3.91. The lowest BCUT2D eigenvalue weighted by Crippen LogP contribution is -2.02. The van der Waals surface area contributed by atoms with E-state index in [1.165, 1.54) is 33.3 Å². The van der Waals surface area contributed by atoms with Crippen LogP contribution in [0.25, 0.3) is 32.9 Å². The van der Waals surface area contributed by atoms with Crippen LogP contribution in [0.4, 0.5) is 0 Å². The van der Waals surface area contributed by atoms with Crippen LogP contribution >= 0.6 is 0 Å². The Morgan fingerprint density at radius 1 is 0.750 bits per heavy atom. The van der Waals surface area contributed by atoms with Crippen molar-refractivity contribution < 1.29 is 5.11 Å². The summed E-state index contributed by atoms with van der Waals surface area (Å²) in [6.45, 7) is 3.04. The van der Waals surface area contributed by atoms with Gasteiger partial charge in [-0.15, -0.1) is 0 Å². The molecule has 5 rings (SSSR count). The van der Waals surface area contributed by atoms with Crippen molar-refractivity contribution in [2.45, 2.75) is 13.5 Å². The molecule has 136 valence electrons. The van der Waals surface area contributed by atoms with E-state index in [2.05, 4.69) is 84.3 Å². The highest BCUT2D eigenvalue weighted by Gasteiger charge is 2.16. The molecule has 1 heterocycles. The summed E-state index contributed by atoms with van der Waals surface area (Å²) in [6.07, 6.45) is 0. The number of fused-ring (bicyclic) bond motifs is 2. The molecular weight excluding hydrogens is 342 g/mol. The topological polar surface area (TPSA) is 25.2 Å². The minimum absolute atomic E-state index is 0.301. The zero-order chi connectivity index (χ0) is 19.1. The van der Waals surface area contributed by atoms with Gasteiger partial charge < -0.3 is 9.67 Å².